The molecule has 128 valence electrons. The Morgan fingerprint density at radius 3 is 2.73 bits per heavy atom. The monoisotopic (exact) mass is 322 g/mol. The van der Waals surface area contributed by atoms with Crippen molar-refractivity contribution >= 4 is 5.96 Å². The van der Waals surface area contributed by atoms with Crippen LogP contribution in [0.3, 0.4) is 0 Å². The van der Waals surface area contributed by atoms with Crippen LogP contribution < -0.4 is 10.6 Å². The largest absolute Gasteiger partial charge is 0.401 e. The van der Waals surface area contributed by atoms with Crippen LogP contribution in [0.15, 0.2) is 4.99 Å². The summed E-state index contributed by atoms with van der Waals surface area (Å²) in [6, 6.07) is 0.000863. The second kappa shape index (κ2) is 8.01. The molecule has 8 heteroatoms. The molecular weight excluding hydrogens is 297 g/mol. The molecule has 2 N–H and O–H groups in total. The van der Waals surface area contributed by atoms with Crippen LogP contribution >= 0.6 is 0 Å². The summed E-state index contributed by atoms with van der Waals surface area (Å²) >= 11 is 0. The Morgan fingerprint density at radius 2 is 2.09 bits per heavy atom. The highest BCUT2D eigenvalue weighted by atomic mass is 19.4. The van der Waals surface area contributed by atoms with Gasteiger partial charge in [-0.25, -0.2) is 0 Å². The van der Waals surface area contributed by atoms with E-state index in [1.165, 1.54) is 17.7 Å². The summed E-state index contributed by atoms with van der Waals surface area (Å²) in [5, 5.41) is 6.29. The van der Waals surface area contributed by atoms with E-state index in [9.17, 15) is 13.2 Å². The zero-order valence-corrected chi connectivity index (χ0v) is 13.0. The van der Waals surface area contributed by atoms with Crippen LogP contribution in [-0.2, 0) is 4.74 Å². The summed E-state index contributed by atoms with van der Waals surface area (Å²) in [5.74, 6) is 1.37. The van der Waals surface area contributed by atoms with Crippen LogP contribution in [0, 0.1) is 5.92 Å². The standard InChI is InChI=1S/C14H25F3N4O/c1-18-13(19-5-7-22-9-11-2-3-11)20-12-4-6-21(8-12)10-14(15,16)17/h11-12H,2-10H2,1H3,(H2,18,19,20). The molecule has 2 rings (SSSR count). The van der Waals surface area contributed by atoms with Gasteiger partial charge in [-0.05, 0) is 25.2 Å². The summed E-state index contributed by atoms with van der Waals surface area (Å²) in [5.41, 5.74) is 0. The summed E-state index contributed by atoms with van der Waals surface area (Å²) in [7, 11) is 1.66. The number of guanidine groups is 1. The number of likely N-dealkylation sites (tertiary alicyclic amines) is 1. The molecule has 2 fully saturated rings. The first kappa shape index (κ1) is 17.3. The number of hydrogen-bond acceptors (Lipinski definition) is 3. The van der Waals surface area contributed by atoms with Gasteiger partial charge in [-0.15, -0.1) is 0 Å². The molecule has 1 atom stereocenters. The van der Waals surface area contributed by atoms with Crippen molar-refractivity contribution in [1.29, 1.82) is 0 Å². The van der Waals surface area contributed by atoms with Gasteiger partial charge in [0.1, 0.15) is 0 Å². The molecule has 0 amide bonds. The van der Waals surface area contributed by atoms with Crippen molar-refractivity contribution in [3.63, 3.8) is 0 Å². The number of hydrogen-bond donors (Lipinski definition) is 2. The van der Waals surface area contributed by atoms with Gasteiger partial charge < -0.3 is 15.4 Å². The molecule has 1 aliphatic carbocycles. The van der Waals surface area contributed by atoms with Gasteiger partial charge in [0, 0.05) is 39.3 Å². The summed E-state index contributed by atoms with van der Waals surface area (Å²) in [6.07, 6.45) is -0.901. The molecule has 0 radical (unpaired) electrons. The zero-order chi connectivity index (χ0) is 16.0. The quantitative estimate of drug-likeness (QED) is 0.420. The lowest BCUT2D eigenvalue weighted by atomic mass is 10.3. The normalized spacial score (nSPS) is 23.8. The molecule has 1 heterocycles. The fraction of sp³-hybridized carbons (Fsp3) is 0.929. The molecule has 1 unspecified atom stereocenters. The highest BCUT2D eigenvalue weighted by Crippen LogP contribution is 2.28. The van der Waals surface area contributed by atoms with E-state index in [0.29, 0.717) is 38.6 Å². The van der Waals surface area contributed by atoms with Gasteiger partial charge in [0.25, 0.3) is 0 Å². The molecule has 22 heavy (non-hydrogen) atoms. The average Bonchev–Trinajstić information content (AvgIpc) is 3.16. The van der Waals surface area contributed by atoms with E-state index in [1.54, 1.807) is 7.05 Å². The maximum Gasteiger partial charge on any atom is 0.401 e. The summed E-state index contributed by atoms with van der Waals surface area (Å²) < 4.78 is 42.6. The third kappa shape index (κ3) is 6.83. The predicted octanol–water partition coefficient (Wildman–Crippen LogP) is 1.21. The fourth-order valence-electron chi connectivity index (χ4n) is 2.51. The van der Waals surface area contributed by atoms with Gasteiger partial charge in [0.2, 0.25) is 0 Å². The average molecular weight is 322 g/mol. The molecular formula is C14H25F3N4O. The lowest BCUT2D eigenvalue weighted by Gasteiger charge is -2.19. The van der Waals surface area contributed by atoms with E-state index >= 15 is 0 Å². The van der Waals surface area contributed by atoms with Crippen molar-refractivity contribution in [1.82, 2.24) is 15.5 Å². The highest BCUT2D eigenvalue weighted by Gasteiger charge is 2.34. The molecule has 2 aliphatic rings. The Hall–Kier alpha value is -1.02. The van der Waals surface area contributed by atoms with E-state index in [1.807, 2.05) is 0 Å². The third-order valence-electron chi connectivity index (χ3n) is 3.83. The van der Waals surface area contributed by atoms with Crippen molar-refractivity contribution in [3.8, 4) is 0 Å². The zero-order valence-electron chi connectivity index (χ0n) is 13.0. The van der Waals surface area contributed by atoms with E-state index in [2.05, 4.69) is 15.6 Å². The van der Waals surface area contributed by atoms with Gasteiger partial charge in [0.15, 0.2) is 5.96 Å². The van der Waals surface area contributed by atoms with Crippen LogP contribution in [0.2, 0.25) is 0 Å². The van der Waals surface area contributed by atoms with E-state index in [-0.39, 0.29) is 6.04 Å². The van der Waals surface area contributed by atoms with Crippen molar-refractivity contribution < 1.29 is 17.9 Å². The van der Waals surface area contributed by atoms with E-state index in [4.69, 9.17) is 4.74 Å². The smallest absolute Gasteiger partial charge is 0.379 e. The molecule has 1 saturated heterocycles. The highest BCUT2D eigenvalue weighted by molar-refractivity contribution is 5.80. The van der Waals surface area contributed by atoms with Crippen molar-refractivity contribution in [2.45, 2.75) is 31.5 Å². The van der Waals surface area contributed by atoms with E-state index in [0.717, 1.165) is 12.5 Å². The van der Waals surface area contributed by atoms with Crippen LogP contribution in [0.25, 0.3) is 0 Å². The van der Waals surface area contributed by atoms with Crippen molar-refractivity contribution in [2.75, 3.05) is 46.4 Å². The first-order valence-corrected chi connectivity index (χ1v) is 7.80. The molecule has 1 saturated carbocycles. The van der Waals surface area contributed by atoms with Gasteiger partial charge in [-0.2, -0.15) is 13.2 Å². The molecule has 0 aromatic heterocycles. The lowest BCUT2D eigenvalue weighted by Crippen LogP contribution is -2.46. The number of nitrogens with zero attached hydrogens (tertiary/aromatic N) is 2. The number of alkyl halides is 3. The van der Waals surface area contributed by atoms with Crippen LogP contribution in [0.4, 0.5) is 13.2 Å². The van der Waals surface area contributed by atoms with Crippen molar-refractivity contribution in [3.05, 3.63) is 0 Å². The molecule has 0 aromatic carbocycles. The SMILES string of the molecule is CN=C(NCCOCC1CC1)NC1CCN(CC(F)(F)F)C1. The minimum Gasteiger partial charge on any atom is -0.379 e. The molecule has 0 aromatic rings. The first-order chi connectivity index (χ1) is 10.5. The molecule has 1 aliphatic heterocycles. The Balaban J connectivity index is 1.59. The topological polar surface area (TPSA) is 48.9 Å². The van der Waals surface area contributed by atoms with Crippen LogP contribution in [0.5, 0.6) is 0 Å². The van der Waals surface area contributed by atoms with Gasteiger partial charge in [0.05, 0.1) is 13.2 Å². The maximum absolute atomic E-state index is 12.4. The number of ether oxygens (including phenoxy) is 1. The Bertz CT molecular complexity index is 372. The number of aliphatic imine (C=N–C) groups is 1. The molecule has 0 bridgehead atoms. The predicted molar refractivity (Wildman–Crippen MR) is 78.9 cm³/mol. The summed E-state index contributed by atoms with van der Waals surface area (Å²) in [6.45, 7) is 2.08. The first-order valence-electron chi connectivity index (χ1n) is 7.80. The second-order valence-corrected chi connectivity index (χ2v) is 6.00. The minimum absolute atomic E-state index is 0.000863. The van der Waals surface area contributed by atoms with Crippen LogP contribution in [-0.4, -0.2) is 69.5 Å². The maximum atomic E-state index is 12.4. The van der Waals surface area contributed by atoms with Crippen molar-refractivity contribution in [2.24, 2.45) is 10.9 Å². The van der Waals surface area contributed by atoms with Gasteiger partial charge in [-0.1, -0.05) is 0 Å². The molecule has 5 nitrogen and oxygen atoms in total. The Labute approximate surface area is 129 Å². The van der Waals surface area contributed by atoms with E-state index < -0.39 is 12.7 Å². The van der Waals surface area contributed by atoms with Gasteiger partial charge >= 0.3 is 6.18 Å². The Kier molecular flexibility index (Phi) is 6.31. The van der Waals surface area contributed by atoms with Gasteiger partial charge in [-0.3, -0.25) is 9.89 Å². The number of rotatable bonds is 7. The number of nitrogens with one attached hydrogen (secondary N) is 2. The Morgan fingerprint density at radius 1 is 1.32 bits per heavy atom. The second-order valence-electron chi connectivity index (χ2n) is 6.00. The number of halogens is 3. The fourth-order valence-corrected chi connectivity index (χ4v) is 2.51. The minimum atomic E-state index is -4.13. The molecule has 0 spiro atoms. The summed E-state index contributed by atoms with van der Waals surface area (Å²) in [4.78, 5) is 5.51. The third-order valence-corrected chi connectivity index (χ3v) is 3.83. The lowest BCUT2D eigenvalue weighted by molar-refractivity contribution is -0.143. The van der Waals surface area contributed by atoms with Crippen LogP contribution in [0.1, 0.15) is 19.3 Å².